The summed E-state index contributed by atoms with van der Waals surface area (Å²) in [6.07, 6.45) is -13.8. The van der Waals surface area contributed by atoms with Gasteiger partial charge in [-0.25, -0.2) is 9.78 Å². The minimum absolute atomic E-state index is 0.165. The number of benzene rings is 3. The Balaban J connectivity index is 2.15. The predicted molar refractivity (Wildman–Crippen MR) is 133 cm³/mol. The van der Waals surface area contributed by atoms with Crippen LogP contribution in [0.5, 0.6) is 0 Å². The topological polar surface area (TPSA) is 63.0 Å². The molecule has 13 heteroatoms. The quantitative estimate of drug-likeness (QED) is 0.126. The number of carbonyl (C=O) groups excluding carboxylic acids is 1. The standard InChI is InChI=1S/C30H17F9N2O2/c31-28(32,33)21-7-1-4-18(14-21)27(19-5-2-8-22(15-19)29(34,35)36,20-6-3-9-23(16-20)30(37,38)39)24-10-11-25(41-17-24)26(42)43-13-12-40/h1-11,14-17H,13H2. The first-order valence-electron chi connectivity index (χ1n) is 12.1. The summed E-state index contributed by atoms with van der Waals surface area (Å²) in [5.41, 5.74) is -7.40. The number of halogens is 9. The van der Waals surface area contributed by atoms with Crippen LogP contribution in [0.4, 0.5) is 39.5 Å². The lowest BCUT2D eigenvalue weighted by molar-refractivity contribution is -0.138. The van der Waals surface area contributed by atoms with Crippen molar-refractivity contribution in [2.24, 2.45) is 0 Å². The van der Waals surface area contributed by atoms with Crippen LogP contribution in [-0.2, 0) is 28.7 Å². The average Bonchev–Trinajstić information content (AvgIpc) is 2.96. The number of esters is 1. The van der Waals surface area contributed by atoms with Crippen molar-refractivity contribution in [1.82, 2.24) is 4.98 Å². The van der Waals surface area contributed by atoms with Gasteiger partial charge in [0.1, 0.15) is 11.8 Å². The summed E-state index contributed by atoms with van der Waals surface area (Å²) in [6.45, 7) is -0.634. The van der Waals surface area contributed by atoms with E-state index in [0.717, 1.165) is 54.7 Å². The Morgan fingerprint density at radius 2 is 1.02 bits per heavy atom. The molecule has 0 radical (unpaired) electrons. The van der Waals surface area contributed by atoms with Crippen LogP contribution in [0.3, 0.4) is 0 Å². The summed E-state index contributed by atoms with van der Waals surface area (Å²) in [4.78, 5) is 16.2. The van der Waals surface area contributed by atoms with Gasteiger partial charge >= 0.3 is 24.5 Å². The largest absolute Gasteiger partial charge is 0.446 e. The maximum atomic E-state index is 13.9. The van der Waals surface area contributed by atoms with Crippen LogP contribution in [0.1, 0.15) is 49.4 Å². The fourth-order valence-electron chi connectivity index (χ4n) is 4.69. The van der Waals surface area contributed by atoms with E-state index in [4.69, 9.17) is 5.26 Å². The van der Waals surface area contributed by atoms with Gasteiger partial charge < -0.3 is 4.74 Å². The van der Waals surface area contributed by atoms with Crippen LogP contribution in [-0.4, -0.2) is 17.6 Å². The number of pyridine rings is 1. The molecule has 4 rings (SSSR count). The van der Waals surface area contributed by atoms with Crippen LogP contribution in [0.15, 0.2) is 91.1 Å². The van der Waals surface area contributed by atoms with E-state index in [2.05, 4.69) is 9.72 Å². The van der Waals surface area contributed by atoms with Gasteiger partial charge in [0.2, 0.25) is 0 Å². The smallest absolute Gasteiger partial charge is 0.416 e. The second kappa shape index (κ2) is 11.4. The fourth-order valence-corrected chi connectivity index (χ4v) is 4.69. The van der Waals surface area contributed by atoms with Gasteiger partial charge in [-0.05, 0) is 46.5 Å². The number of alkyl halides is 9. The average molecular weight is 608 g/mol. The number of aromatic nitrogens is 1. The van der Waals surface area contributed by atoms with Gasteiger partial charge in [0.05, 0.1) is 22.1 Å². The number of ether oxygens (including phenoxy) is 1. The zero-order valence-electron chi connectivity index (χ0n) is 21.5. The Bertz CT molecular complexity index is 1530. The van der Waals surface area contributed by atoms with Crippen molar-refractivity contribution in [2.45, 2.75) is 23.9 Å². The molecule has 0 saturated heterocycles. The number of hydrogen-bond donors (Lipinski definition) is 0. The fraction of sp³-hybridized carbons (Fsp3) is 0.167. The van der Waals surface area contributed by atoms with E-state index in [-0.39, 0.29) is 27.9 Å². The molecule has 222 valence electrons. The van der Waals surface area contributed by atoms with Crippen molar-refractivity contribution in [2.75, 3.05) is 6.61 Å². The van der Waals surface area contributed by atoms with E-state index in [1.807, 2.05) is 0 Å². The molecule has 1 aromatic heterocycles. The summed E-state index contributed by atoms with van der Waals surface area (Å²) in [5, 5.41) is 8.64. The molecular weight excluding hydrogens is 591 g/mol. The van der Waals surface area contributed by atoms with Crippen LogP contribution >= 0.6 is 0 Å². The highest BCUT2D eigenvalue weighted by atomic mass is 19.4. The van der Waals surface area contributed by atoms with Crippen LogP contribution < -0.4 is 0 Å². The molecule has 43 heavy (non-hydrogen) atoms. The maximum absolute atomic E-state index is 13.9. The van der Waals surface area contributed by atoms with E-state index >= 15 is 0 Å². The van der Waals surface area contributed by atoms with Crippen LogP contribution in [0.2, 0.25) is 0 Å². The molecule has 1 heterocycles. The Morgan fingerprint density at radius 3 is 1.35 bits per heavy atom. The second-order valence-electron chi connectivity index (χ2n) is 9.15. The van der Waals surface area contributed by atoms with Crippen molar-refractivity contribution < 1.29 is 49.0 Å². The zero-order valence-corrected chi connectivity index (χ0v) is 21.5. The summed E-state index contributed by atoms with van der Waals surface area (Å²) in [7, 11) is 0. The van der Waals surface area contributed by atoms with Crippen LogP contribution in [0, 0.1) is 11.3 Å². The van der Waals surface area contributed by atoms with E-state index in [0.29, 0.717) is 36.4 Å². The minimum atomic E-state index is -4.92. The molecule has 3 aromatic carbocycles. The normalized spacial score (nSPS) is 12.5. The first-order chi connectivity index (χ1) is 20.1. The molecule has 0 spiro atoms. The summed E-state index contributed by atoms with van der Waals surface area (Å²) in [6, 6.07) is 14.2. The first kappa shape index (κ1) is 31.1. The maximum Gasteiger partial charge on any atom is 0.416 e. The molecular formula is C30H17F9N2O2. The van der Waals surface area contributed by atoms with Crippen molar-refractivity contribution in [1.29, 1.82) is 5.26 Å². The molecule has 0 N–H and O–H groups in total. The summed E-state index contributed by atoms with van der Waals surface area (Å²) < 4.78 is 129. The number of nitriles is 1. The highest BCUT2D eigenvalue weighted by Crippen LogP contribution is 2.48. The van der Waals surface area contributed by atoms with Crippen LogP contribution in [0.25, 0.3) is 0 Å². The van der Waals surface area contributed by atoms with Gasteiger partial charge in [0.15, 0.2) is 6.61 Å². The molecule has 0 aliphatic rings. The Hall–Kier alpha value is -4.86. The van der Waals surface area contributed by atoms with Gasteiger partial charge in [0, 0.05) is 6.20 Å². The second-order valence-corrected chi connectivity index (χ2v) is 9.15. The third-order valence-corrected chi connectivity index (χ3v) is 6.54. The summed E-state index contributed by atoms with van der Waals surface area (Å²) >= 11 is 0. The third kappa shape index (κ3) is 6.33. The Labute approximate surface area is 238 Å². The number of rotatable bonds is 6. The molecule has 0 saturated carbocycles. The van der Waals surface area contributed by atoms with E-state index < -0.39 is 53.2 Å². The van der Waals surface area contributed by atoms with Crippen molar-refractivity contribution in [3.8, 4) is 6.07 Å². The molecule has 0 amide bonds. The van der Waals surface area contributed by atoms with Gasteiger partial charge in [-0.2, -0.15) is 44.8 Å². The molecule has 0 fully saturated rings. The molecule has 4 aromatic rings. The van der Waals surface area contributed by atoms with Gasteiger partial charge in [-0.15, -0.1) is 0 Å². The third-order valence-electron chi connectivity index (χ3n) is 6.54. The Kier molecular flexibility index (Phi) is 8.26. The lowest BCUT2D eigenvalue weighted by Crippen LogP contribution is -2.32. The van der Waals surface area contributed by atoms with Gasteiger partial charge in [0.25, 0.3) is 0 Å². The lowest BCUT2D eigenvalue weighted by atomic mass is 9.64. The monoisotopic (exact) mass is 608 g/mol. The molecule has 4 nitrogen and oxygen atoms in total. The highest BCUT2D eigenvalue weighted by Gasteiger charge is 2.43. The van der Waals surface area contributed by atoms with E-state index in [9.17, 15) is 44.3 Å². The van der Waals surface area contributed by atoms with Crippen molar-refractivity contribution in [3.05, 3.63) is 136 Å². The highest BCUT2D eigenvalue weighted by molar-refractivity contribution is 5.87. The lowest BCUT2D eigenvalue weighted by Gasteiger charge is -2.37. The SMILES string of the molecule is N#CCOC(=O)c1ccc(C(c2cccc(C(F)(F)F)c2)(c2cccc(C(F)(F)F)c2)c2cccc(C(F)(F)F)c2)cn1. The molecule has 0 atom stereocenters. The molecule has 0 bridgehead atoms. The number of nitrogens with zero attached hydrogens (tertiary/aromatic N) is 2. The summed E-state index contributed by atoms with van der Waals surface area (Å²) in [5.74, 6) is -1.06. The van der Waals surface area contributed by atoms with Crippen molar-refractivity contribution >= 4 is 5.97 Å². The number of hydrogen-bond acceptors (Lipinski definition) is 4. The van der Waals surface area contributed by atoms with Crippen molar-refractivity contribution in [3.63, 3.8) is 0 Å². The van der Waals surface area contributed by atoms with Gasteiger partial charge in [-0.3, -0.25) is 0 Å². The van der Waals surface area contributed by atoms with E-state index in [1.165, 1.54) is 0 Å². The zero-order chi connectivity index (χ0) is 31.6. The number of carbonyl (C=O) groups is 1. The molecule has 0 aliphatic carbocycles. The molecule has 0 unspecified atom stereocenters. The van der Waals surface area contributed by atoms with Gasteiger partial charge in [-0.1, -0.05) is 60.7 Å². The van der Waals surface area contributed by atoms with E-state index in [1.54, 1.807) is 6.07 Å². The predicted octanol–water partition coefficient (Wildman–Crippen LogP) is 8.20. The minimum Gasteiger partial charge on any atom is -0.446 e. The Morgan fingerprint density at radius 1 is 0.628 bits per heavy atom. The molecule has 0 aliphatic heterocycles. The first-order valence-corrected chi connectivity index (χ1v) is 12.1.